The summed E-state index contributed by atoms with van der Waals surface area (Å²) in [5.41, 5.74) is 0.0939. The quantitative estimate of drug-likeness (QED) is 0.651. The highest BCUT2D eigenvalue weighted by Gasteiger charge is 2.31. The number of alkyl halides is 3. The van der Waals surface area contributed by atoms with Gasteiger partial charge in [-0.25, -0.2) is 0 Å². The number of benzene rings is 2. The number of anilines is 1. The molecule has 2 rings (SSSR count). The van der Waals surface area contributed by atoms with Gasteiger partial charge in [0.2, 0.25) is 0 Å². The number of carbonyl (C=O) groups excluding carboxylic acids is 1. The normalized spacial score (nSPS) is 11.1. The van der Waals surface area contributed by atoms with Crippen LogP contribution in [0.5, 0.6) is 0 Å². The second-order valence-corrected chi connectivity index (χ2v) is 6.31. The van der Waals surface area contributed by atoms with Crippen LogP contribution in [-0.4, -0.2) is 11.0 Å². The zero-order valence-corrected chi connectivity index (χ0v) is 15.0. The number of hydrogen-bond acceptors (Lipinski definition) is 2. The lowest BCUT2D eigenvalue weighted by Gasteiger charge is -2.14. The average molecular weight is 407 g/mol. The maximum Gasteiger partial charge on any atom is 0.416 e. The summed E-state index contributed by atoms with van der Waals surface area (Å²) < 4.78 is 38.3. The summed E-state index contributed by atoms with van der Waals surface area (Å²) >= 11 is 16.8. The van der Waals surface area contributed by atoms with Crippen LogP contribution in [0.4, 0.5) is 18.9 Å². The Morgan fingerprint density at radius 3 is 2.36 bits per heavy atom. The molecule has 2 aromatic carbocycles. The van der Waals surface area contributed by atoms with E-state index in [0.29, 0.717) is 0 Å². The van der Waals surface area contributed by atoms with Crippen molar-refractivity contribution in [1.29, 1.82) is 0 Å². The van der Waals surface area contributed by atoms with Crippen LogP contribution in [0.3, 0.4) is 0 Å². The highest BCUT2D eigenvalue weighted by atomic mass is 35.5. The van der Waals surface area contributed by atoms with E-state index in [1.54, 1.807) is 12.1 Å². The van der Waals surface area contributed by atoms with Crippen molar-refractivity contribution in [2.75, 3.05) is 5.32 Å². The molecule has 2 N–H and O–H groups in total. The van der Waals surface area contributed by atoms with Crippen LogP contribution in [0.1, 0.15) is 21.5 Å². The zero-order valence-electron chi connectivity index (χ0n) is 12.7. The Bertz CT molecular complexity index is 841. The van der Waals surface area contributed by atoms with Crippen molar-refractivity contribution >= 4 is 52.1 Å². The van der Waals surface area contributed by atoms with Gasteiger partial charge in [-0.05, 0) is 55.0 Å². The van der Waals surface area contributed by atoms with Crippen molar-refractivity contribution in [1.82, 2.24) is 5.32 Å². The average Bonchev–Trinajstić information content (AvgIpc) is 2.48. The first-order valence-corrected chi connectivity index (χ1v) is 7.99. The van der Waals surface area contributed by atoms with Crippen LogP contribution < -0.4 is 10.6 Å². The molecule has 0 aliphatic carbocycles. The lowest BCUT2D eigenvalue weighted by molar-refractivity contribution is -0.137. The first-order valence-electron chi connectivity index (χ1n) is 6.83. The molecular weight excluding hydrogens is 396 g/mol. The number of amides is 1. The molecule has 0 aliphatic rings. The van der Waals surface area contributed by atoms with E-state index in [1.165, 1.54) is 6.07 Å². The second kappa shape index (κ2) is 7.59. The van der Waals surface area contributed by atoms with Gasteiger partial charge in [-0.3, -0.25) is 10.1 Å². The number of halogens is 5. The van der Waals surface area contributed by atoms with Gasteiger partial charge < -0.3 is 5.32 Å². The van der Waals surface area contributed by atoms with E-state index < -0.39 is 17.6 Å². The van der Waals surface area contributed by atoms with E-state index in [4.69, 9.17) is 35.4 Å². The van der Waals surface area contributed by atoms with E-state index in [0.717, 1.165) is 23.8 Å². The highest BCUT2D eigenvalue weighted by molar-refractivity contribution is 7.80. The van der Waals surface area contributed by atoms with E-state index in [2.05, 4.69) is 10.6 Å². The summed E-state index contributed by atoms with van der Waals surface area (Å²) in [5.74, 6) is -0.592. The van der Waals surface area contributed by atoms with Crippen molar-refractivity contribution < 1.29 is 18.0 Å². The Morgan fingerprint density at radius 2 is 1.76 bits per heavy atom. The molecule has 0 aromatic heterocycles. The van der Waals surface area contributed by atoms with Gasteiger partial charge in [-0.15, -0.1) is 0 Å². The fourth-order valence-electron chi connectivity index (χ4n) is 1.93. The van der Waals surface area contributed by atoms with E-state index in [9.17, 15) is 18.0 Å². The molecule has 0 bridgehead atoms. The third-order valence-electron chi connectivity index (χ3n) is 3.14. The van der Waals surface area contributed by atoms with Crippen LogP contribution in [0.15, 0.2) is 36.4 Å². The van der Waals surface area contributed by atoms with Crippen molar-refractivity contribution in [3.8, 4) is 0 Å². The lowest BCUT2D eigenvalue weighted by Crippen LogP contribution is -2.34. The van der Waals surface area contributed by atoms with Gasteiger partial charge in [0.1, 0.15) is 0 Å². The van der Waals surface area contributed by atoms with E-state index in [1.807, 2.05) is 6.92 Å². The minimum absolute atomic E-state index is 0.0259. The lowest BCUT2D eigenvalue weighted by atomic mass is 10.1. The van der Waals surface area contributed by atoms with Crippen LogP contribution >= 0.6 is 35.4 Å². The molecule has 132 valence electrons. The van der Waals surface area contributed by atoms with Gasteiger partial charge >= 0.3 is 6.18 Å². The molecule has 0 atom stereocenters. The summed E-state index contributed by atoms with van der Waals surface area (Å²) in [6.07, 6.45) is -4.53. The first kappa shape index (κ1) is 19.5. The molecular formula is C16H11Cl2F3N2OS. The SMILES string of the molecule is Cc1ccc(C(=O)NC(=S)Nc2cc(C(F)(F)F)ccc2Cl)c(Cl)c1. The molecule has 0 unspecified atom stereocenters. The number of thiocarbonyl (C=S) groups is 1. The fourth-order valence-corrected chi connectivity index (χ4v) is 2.61. The third-order valence-corrected chi connectivity index (χ3v) is 3.98. The molecule has 3 nitrogen and oxygen atoms in total. The summed E-state index contributed by atoms with van der Waals surface area (Å²) in [7, 11) is 0. The summed E-state index contributed by atoms with van der Waals surface area (Å²) in [4.78, 5) is 12.2. The van der Waals surface area contributed by atoms with Crippen molar-refractivity contribution in [3.63, 3.8) is 0 Å². The number of carbonyl (C=O) groups is 1. The Balaban J connectivity index is 2.13. The minimum atomic E-state index is -4.53. The molecule has 9 heteroatoms. The summed E-state index contributed by atoms with van der Waals surface area (Å²) in [5, 5.41) is 4.88. The Morgan fingerprint density at radius 1 is 1.08 bits per heavy atom. The van der Waals surface area contributed by atoms with Gasteiger partial charge in [0.25, 0.3) is 5.91 Å². The van der Waals surface area contributed by atoms with Gasteiger partial charge in [-0.1, -0.05) is 29.3 Å². The summed E-state index contributed by atoms with van der Waals surface area (Å²) in [6, 6.07) is 7.57. The molecule has 0 radical (unpaired) electrons. The molecule has 0 heterocycles. The monoisotopic (exact) mass is 406 g/mol. The molecule has 0 fully saturated rings. The number of hydrogen-bond donors (Lipinski definition) is 2. The van der Waals surface area contributed by atoms with Gasteiger partial charge in [0.15, 0.2) is 5.11 Å². The third kappa shape index (κ3) is 5.07. The highest BCUT2D eigenvalue weighted by Crippen LogP contribution is 2.33. The van der Waals surface area contributed by atoms with E-state index in [-0.39, 0.29) is 26.4 Å². The van der Waals surface area contributed by atoms with Crippen LogP contribution in [-0.2, 0) is 6.18 Å². The fraction of sp³-hybridized carbons (Fsp3) is 0.125. The topological polar surface area (TPSA) is 41.1 Å². The molecule has 0 saturated heterocycles. The van der Waals surface area contributed by atoms with Gasteiger partial charge in [0.05, 0.1) is 26.9 Å². The molecule has 1 amide bonds. The van der Waals surface area contributed by atoms with Crippen LogP contribution in [0, 0.1) is 6.92 Å². The van der Waals surface area contributed by atoms with Crippen LogP contribution in [0.25, 0.3) is 0 Å². The van der Waals surface area contributed by atoms with Crippen molar-refractivity contribution in [3.05, 3.63) is 63.1 Å². The van der Waals surface area contributed by atoms with Crippen LogP contribution in [0.2, 0.25) is 10.0 Å². The zero-order chi connectivity index (χ0) is 18.8. The largest absolute Gasteiger partial charge is 0.416 e. The Hall–Kier alpha value is -1.83. The first-order chi connectivity index (χ1) is 11.6. The minimum Gasteiger partial charge on any atom is -0.331 e. The maximum atomic E-state index is 12.8. The predicted molar refractivity (Wildman–Crippen MR) is 96.3 cm³/mol. The predicted octanol–water partition coefficient (Wildman–Crippen LogP) is 5.45. The molecule has 0 spiro atoms. The van der Waals surface area contributed by atoms with Gasteiger partial charge in [0, 0.05) is 0 Å². The van der Waals surface area contributed by atoms with E-state index >= 15 is 0 Å². The smallest absolute Gasteiger partial charge is 0.331 e. The molecule has 2 aromatic rings. The Labute approximate surface area is 157 Å². The number of rotatable bonds is 2. The number of nitrogens with one attached hydrogen (secondary N) is 2. The standard InChI is InChI=1S/C16H11Cl2F3N2OS/c1-8-2-4-10(12(18)6-8)14(24)23-15(25)22-13-7-9(16(19,20)21)3-5-11(13)17/h2-7H,1H3,(H2,22,23,24,25). The van der Waals surface area contributed by atoms with Gasteiger partial charge in [-0.2, -0.15) is 13.2 Å². The molecule has 0 aliphatic heterocycles. The maximum absolute atomic E-state index is 12.8. The molecule has 0 saturated carbocycles. The van der Waals surface area contributed by atoms with Crippen molar-refractivity contribution in [2.45, 2.75) is 13.1 Å². The van der Waals surface area contributed by atoms with Crippen molar-refractivity contribution in [2.24, 2.45) is 0 Å². The summed E-state index contributed by atoms with van der Waals surface area (Å²) in [6.45, 7) is 1.81. The number of aryl methyl sites for hydroxylation is 1. The molecule has 25 heavy (non-hydrogen) atoms. The Kier molecular flexibility index (Phi) is 5.92. The second-order valence-electron chi connectivity index (χ2n) is 5.08.